The molecule has 0 bridgehead atoms. The maximum absolute atomic E-state index is 13.9. The zero-order chi connectivity index (χ0) is 14.8. The molecular weight excluding hydrogens is 353 g/mol. The van der Waals surface area contributed by atoms with E-state index >= 15 is 0 Å². The Hall–Kier alpha value is -1.20. The summed E-state index contributed by atoms with van der Waals surface area (Å²) >= 11 is 5.04. The lowest BCUT2D eigenvalue weighted by atomic mass is 10.0. The van der Waals surface area contributed by atoms with Crippen molar-refractivity contribution >= 4 is 33.4 Å². The van der Waals surface area contributed by atoms with Crippen molar-refractivity contribution in [3.63, 3.8) is 0 Å². The van der Waals surface area contributed by atoms with Crippen molar-refractivity contribution < 1.29 is 9.13 Å². The Balaban J connectivity index is 1.88. The van der Waals surface area contributed by atoms with Crippen LogP contribution in [0.4, 0.5) is 10.1 Å². The van der Waals surface area contributed by atoms with Crippen LogP contribution in [0.2, 0.25) is 0 Å². The molecule has 1 aliphatic rings. The molecule has 3 rings (SSSR count). The quantitative estimate of drug-likeness (QED) is 0.800. The van der Waals surface area contributed by atoms with Gasteiger partial charge in [-0.15, -0.1) is 11.8 Å². The van der Waals surface area contributed by atoms with Crippen molar-refractivity contribution in [3.05, 3.63) is 52.3 Å². The van der Waals surface area contributed by atoms with Crippen molar-refractivity contribution in [2.75, 3.05) is 18.2 Å². The average Bonchev–Trinajstić information content (AvgIpc) is 2.50. The van der Waals surface area contributed by atoms with Gasteiger partial charge < -0.3 is 10.1 Å². The van der Waals surface area contributed by atoms with Gasteiger partial charge >= 0.3 is 0 Å². The third kappa shape index (κ3) is 3.04. The van der Waals surface area contributed by atoms with E-state index in [4.69, 9.17) is 4.74 Å². The summed E-state index contributed by atoms with van der Waals surface area (Å²) in [6.45, 7) is 0. The molecule has 21 heavy (non-hydrogen) atoms. The van der Waals surface area contributed by atoms with Crippen LogP contribution in [0.5, 0.6) is 5.75 Å². The predicted octanol–water partition coefficient (Wildman–Crippen LogP) is 5.25. The minimum Gasteiger partial charge on any atom is -0.495 e. The first kappa shape index (κ1) is 14.7. The van der Waals surface area contributed by atoms with Crippen molar-refractivity contribution in [1.82, 2.24) is 0 Å². The summed E-state index contributed by atoms with van der Waals surface area (Å²) in [7, 11) is 1.64. The molecule has 110 valence electrons. The average molecular weight is 368 g/mol. The van der Waals surface area contributed by atoms with Crippen LogP contribution in [0.1, 0.15) is 18.0 Å². The summed E-state index contributed by atoms with van der Waals surface area (Å²) in [5.74, 6) is 1.57. The van der Waals surface area contributed by atoms with E-state index in [1.54, 1.807) is 24.9 Å². The third-order valence-corrected chi connectivity index (χ3v) is 5.33. The van der Waals surface area contributed by atoms with Gasteiger partial charge in [-0.2, -0.15) is 0 Å². The number of hydrogen-bond donors (Lipinski definition) is 1. The van der Waals surface area contributed by atoms with Crippen LogP contribution in [0.3, 0.4) is 0 Å². The Kier molecular flexibility index (Phi) is 4.40. The second kappa shape index (κ2) is 6.28. The molecule has 0 aromatic heterocycles. The number of anilines is 1. The summed E-state index contributed by atoms with van der Waals surface area (Å²) in [5, 5.41) is 3.49. The highest BCUT2D eigenvalue weighted by molar-refractivity contribution is 9.10. The smallest absolute Gasteiger partial charge is 0.137 e. The molecule has 1 heterocycles. The third-order valence-electron chi connectivity index (χ3n) is 3.52. The monoisotopic (exact) mass is 367 g/mol. The van der Waals surface area contributed by atoms with Gasteiger partial charge in [0.05, 0.1) is 17.6 Å². The highest BCUT2D eigenvalue weighted by Crippen LogP contribution is 2.40. The molecule has 0 fully saturated rings. The fraction of sp³-hybridized carbons (Fsp3) is 0.250. The fourth-order valence-corrected chi connectivity index (χ4v) is 4.04. The van der Waals surface area contributed by atoms with Crippen LogP contribution in [0.15, 0.2) is 45.8 Å². The normalized spacial score (nSPS) is 17.2. The van der Waals surface area contributed by atoms with Crippen molar-refractivity contribution in [1.29, 1.82) is 0 Å². The number of rotatable bonds is 3. The molecule has 5 heteroatoms. The number of hydrogen-bond acceptors (Lipinski definition) is 3. The zero-order valence-electron chi connectivity index (χ0n) is 11.5. The van der Waals surface area contributed by atoms with Crippen molar-refractivity contribution in [2.45, 2.75) is 17.4 Å². The van der Waals surface area contributed by atoms with Crippen LogP contribution in [0, 0.1) is 5.82 Å². The molecule has 0 saturated carbocycles. The molecule has 0 spiro atoms. The molecule has 2 aromatic rings. The van der Waals surface area contributed by atoms with Gasteiger partial charge in [0.1, 0.15) is 11.6 Å². The molecule has 1 aliphatic heterocycles. The second-order valence-electron chi connectivity index (χ2n) is 4.84. The number of nitrogens with one attached hydrogen (secondary N) is 1. The first-order chi connectivity index (χ1) is 10.2. The van der Waals surface area contributed by atoms with Crippen molar-refractivity contribution in [2.24, 2.45) is 0 Å². The van der Waals surface area contributed by atoms with E-state index in [1.165, 1.54) is 6.07 Å². The summed E-state index contributed by atoms with van der Waals surface area (Å²) in [5.41, 5.74) is 2.01. The van der Waals surface area contributed by atoms with Crippen LogP contribution in [0.25, 0.3) is 0 Å². The molecule has 1 atom stereocenters. The number of benzene rings is 2. The van der Waals surface area contributed by atoms with E-state index in [0.717, 1.165) is 38.5 Å². The Morgan fingerprint density at radius 3 is 3.00 bits per heavy atom. The lowest BCUT2D eigenvalue weighted by molar-refractivity contribution is 0.412. The van der Waals surface area contributed by atoms with E-state index in [-0.39, 0.29) is 11.9 Å². The standard InChI is InChI=1S/C16H15BrFNOS/c1-20-15-9-10(5-6-12(15)17)19-14-7-8-21-16-11(14)3-2-4-13(16)18/h2-6,9,14,19H,7-8H2,1H3. The Morgan fingerprint density at radius 2 is 2.19 bits per heavy atom. The molecule has 1 unspecified atom stereocenters. The topological polar surface area (TPSA) is 21.3 Å². The summed E-state index contributed by atoms with van der Waals surface area (Å²) < 4.78 is 20.1. The fourth-order valence-electron chi connectivity index (χ4n) is 2.49. The predicted molar refractivity (Wildman–Crippen MR) is 88.8 cm³/mol. The highest BCUT2D eigenvalue weighted by Gasteiger charge is 2.23. The Bertz CT molecular complexity index is 665. The molecule has 0 aliphatic carbocycles. The molecule has 0 amide bonds. The molecule has 0 saturated heterocycles. The van der Waals surface area contributed by atoms with Gasteiger partial charge in [-0.25, -0.2) is 4.39 Å². The number of ether oxygens (including phenoxy) is 1. The number of thioether (sulfide) groups is 1. The minimum atomic E-state index is -0.127. The maximum Gasteiger partial charge on any atom is 0.137 e. The molecule has 2 aromatic carbocycles. The van der Waals surface area contributed by atoms with E-state index in [2.05, 4.69) is 21.2 Å². The lowest BCUT2D eigenvalue weighted by Gasteiger charge is -2.27. The minimum absolute atomic E-state index is 0.127. The number of halogens is 2. The van der Waals surface area contributed by atoms with Crippen LogP contribution in [-0.4, -0.2) is 12.9 Å². The van der Waals surface area contributed by atoms with Gasteiger partial charge in [-0.1, -0.05) is 12.1 Å². The summed E-state index contributed by atoms with van der Waals surface area (Å²) in [6, 6.07) is 11.3. The van der Waals surface area contributed by atoms with Gasteiger partial charge in [-0.3, -0.25) is 0 Å². The number of fused-ring (bicyclic) bond motifs is 1. The van der Waals surface area contributed by atoms with Gasteiger partial charge in [0, 0.05) is 22.4 Å². The Labute approximate surface area is 136 Å². The van der Waals surface area contributed by atoms with Gasteiger partial charge in [-0.05, 0) is 46.1 Å². The van der Waals surface area contributed by atoms with Crippen molar-refractivity contribution in [3.8, 4) is 5.75 Å². The van der Waals surface area contributed by atoms with Gasteiger partial charge in [0.25, 0.3) is 0 Å². The highest BCUT2D eigenvalue weighted by atomic mass is 79.9. The van der Waals surface area contributed by atoms with Crippen LogP contribution < -0.4 is 10.1 Å². The molecule has 2 nitrogen and oxygen atoms in total. The first-order valence-corrected chi connectivity index (χ1v) is 8.48. The van der Waals surface area contributed by atoms with E-state index in [0.29, 0.717) is 0 Å². The van der Waals surface area contributed by atoms with Crippen LogP contribution >= 0.6 is 27.7 Å². The zero-order valence-corrected chi connectivity index (χ0v) is 13.9. The summed E-state index contributed by atoms with van der Waals surface area (Å²) in [6.07, 6.45) is 0.972. The van der Waals surface area contributed by atoms with E-state index in [9.17, 15) is 4.39 Å². The van der Waals surface area contributed by atoms with Crippen LogP contribution in [-0.2, 0) is 0 Å². The summed E-state index contributed by atoms with van der Waals surface area (Å²) in [4.78, 5) is 0.769. The van der Waals surface area contributed by atoms with Gasteiger partial charge in [0.15, 0.2) is 0 Å². The second-order valence-corrected chi connectivity index (χ2v) is 6.80. The Morgan fingerprint density at radius 1 is 1.33 bits per heavy atom. The molecule has 1 N–H and O–H groups in total. The number of methoxy groups -OCH3 is 1. The maximum atomic E-state index is 13.9. The molecular formula is C16H15BrFNOS. The first-order valence-electron chi connectivity index (χ1n) is 6.70. The van der Waals surface area contributed by atoms with E-state index < -0.39 is 0 Å². The largest absolute Gasteiger partial charge is 0.495 e. The molecule has 0 radical (unpaired) electrons. The lowest BCUT2D eigenvalue weighted by Crippen LogP contribution is -2.16. The van der Waals surface area contributed by atoms with Gasteiger partial charge in [0.2, 0.25) is 0 Å². The SMILES string of the molecule is COc1cc(NC2CCSc3c(F)cccc32)ccc1Br. The van der Waals surface area contributed by atoms with E-state index in [1.807, 2.05) is 24.3 Å².